The van der Waals surface area contributed by atoms with Crippen LogP contribution in [0.3, 0.4) is 0 Å². The number of aliphatic hydroxyl groups is 2. The summed E-state index contributed by atoms with van der Waals surface area (Å²) >= 11 is 0. The third-order valence-corrected chi connectivity index (χ3v) is 2.25. The van der Waals surface area contributed by atoms with Gasteiger partial charge in [0.05, 0.1) is 6.10 Å². The molecule has 3 nitrogen and oxygen atoms in total. The zero-order valence-electron chi connectivity index (χ0n) is 8.38. The van der Waals surface area contributed by atoms with Crippen LogP contribution in [0.15, 0.2) is 36.2 Å². The molecule has 0 aromatic rings. The van der Waals surface area contributed by atoms with Crippen molar-refractivity contribution in [2.45, 2.75) is 18.6 Å². The number of aliphatic hydroxyl groups excluding tert-OH is 2. The fourth-order valence-electron chi connectivity index (χ4n) is 1.35. The van der Waals surface area contributed by atoms with E-state index < -0.39 is 6.10 Å². The van der Waals surface area contributed by atoms with Gasteiger partial charge in [0, 0.05) is 18.6 Å². The maximum atomic E-state index is 12.9. The van der Waals surface area contributed by atoms with Crippen molar-refractivity contribution in [2.24, 2.45) is 11.7 Å². The van der Waals surface area contributed by atoms with Crippen LogP contribution in [-0.4, -0.2) is 29.0 Å². The van der Waals surface area contributed by atoms with Gasteiger partial charge in [-0.05, 0) is 18.6 Å². The summed E-state index contributed by atoms with van der Waals surface area (Å²) in [7, 11) is 0. The number of allylic oxidation sites excluding steroid dienone is 2. The normalized spacial score (nSPS) is 28.1. The van der Waals surface area contributed by atoms with Gasteiger partial charge in [-0.25, -0.2) is 4.39 Å². The van der Waals surface area contributed by atoms with Crippen molar-refractivity contribution in [2.75, 3.05) is 6.61 Å². The number of hydrogen-bond donors (Lipinski definition) is 3. The molecule has 0 radical (unpaired) electrons. The van der Waals surface area contributed by atoms with E-state index in [1.54, 1.807) is 12.2 Å². The monoisotopic (exact) mass is 213 g/mol. The average Bonchev–Trinajstić information content (AvgIpc) is 2.20. The highest BCUT2D eigenvalue weighted by atomic mass is 19.1. The Morgan fingerprint density at radius 3 is 3.00 bits per heavy atom. The average molecular weight is 213 g/mol. The van der Waals surface area contributed by atoms with Crippen molar-refractivity contribution >= 4 is 0 Å². The molecule has 0 heterocycles. The van der Waals surface area contributed by atoms with E-state index >= 15 is 0 Å². The van der Waals surface area contributed by atoms with Crippen LogP contribution in [0.4, 0.5) is 4.39 Å². The van der Waals surface area contributed by atoms with E-state index in [1.807, 2.05) is 0 Å². The molecular formula is C11H16FNO2. The molecule has 0 spiro atoms. The van der Waals surface area contributed by atoms with Gasteiger partial charge in [-0.1, -0.05) is 18.2 Å². The first-order valence-electron chi connectivity index (χ1n) is 4.92. The minimum atomic E-state index is -0.704. The second-order valence-electron chi connectivity index (χ2n) is 3.53. The molecule has 0 saturated carbocycles. The number of halogens is 1. The summed E-state index contributed by atoms with van der Waals surface area (Å²) in [6, 6.07) is -0.262. The van der Waals surface area contributed by atoms with E-state index in [4.69, 9.17) is 10.8 Å². The molecule has 0 bridgehead atoms. The molecule has 0 fully saturated rings. The van der Waals surface area contributed by atoms with Crippen LogP contribution in [0.5, 0.6) is 0 Å². The summed E-state index contributed by atoms with van der Waals surface area (Å²) < 4.78 is 12.9. The van der Waals surface area contributed by atoms with E-state index in [2.05, 4.69) is 0 Å². The predicted molar refractivity (Wildman–Crippen MR) is 56.6 cm³/mol. The molecule has 15 heavy (non-hydrogen) atoms. The van der Waals surface area contributed by atoms with Crippen LogP contribution < -0.4 is 5.73 Å². The third-order valence-electron chi connectivity index (χ3n) is 2.25. The highest BCUT2D eigenvalue weighted by Gasteiger charge is 2.14. The van der Waals surface area contributed by atoms with Crippen molar-refractivity contribution in [3.05, 3.63) is 36.2 Å². The van der Waals surface area contributed by atoms with Gasteiger partial charge >= 0.3 is 0 Å². The molecule has 84 valence electrons. The van der Waals surface area contributed by atoms with E-state index in [9.17, 15) is 9.50 Å². The maximum Gasteiger partial charge on any atom is 0.119 e. The van der Waals surface area contributed by atoms with Gasteiger partial charge in [0.25, 0.3) is 0 Å². The van der Waals surface area contributed by atoms with E-state index in [0.717, 1.165) is 0 Å². The smallest absolute Gasteiger partial charge is 0.119 e. The van der Waals surface area contributed by atoms with Crippen LogP contribution in [0.2, 0.25) is 0 Å². The molecule has 0 aromatic heterocycles. The summed E-state index contributed by atoms with van der Waals surface area (Å²) in [5, 5.41) is 17.9. The SMILES string of the molecule is NC1C=CC(F)=CC1C=CC(O)CCO. The highest BCUT2D eigenvalue weighted by Crippen LogP contribution is 2.18. The number of hydrogen-bond acceptors (Lipinski definition) is 3. The molecule has 4 heteroatoms. The van der Waals surface area contributed by atoms with Gasteiger partial charge < -0.3 is 15.9 Å². The predicted octanol–water partition coefficient (Wildman–Crippen LogP) is 0.653. The van der Waals surface area contributed by atoms with Crippen molar-refractivity contribution in [3.8, 4) is 0 Å². The lowest BCUT2D eigenvalue weighted by molar-refractivity contribution is 0.169. The topological polar surface area (TPSA) is 66.5 Å². The van der Waals surface area contributed by atoms with Crippen LogP contribution in [0.25, 0.3) is 0 Å². The molecular weight excluding hydrogens is 197 g/mol. The van der Waals surface area contributed by atoms with Crippen LogP contribution in [0.1, 0.15) is 6.42 Å². The molecule has 0 amide bonds. The molecule has 0 aromatic carbocycles. The van der Waals surface area contributed by atoms with Gasteiger partial charge in [-0.2, -0.15) is 0 Å². The van der Waals surface area contributed by atoms with E-state index in [1.165, 1.54) is 18.2 Å². The van der Waals surface area contributed by atoms with Gasteiger partial charge in [-0.15, -0.1) is 0 Å². The third kappa shape index (κ3) is 3.95. The minimum Gasteiger partial charge on any atom is -0.396 e. The highest BCUT2D eigenvalue weighted by molar-refractivity contribution is 5.25. The maximum absolute atomic E-state index is 12.9. The molecule has 3 atom stereocenters. The Kier molecular flexibility index (Phi) is 4.68. The summed E-state index contributed by atoms with van der Waals surface area (Å²) in [5.41, 5.74) is 5.72. The Morgan fingerprint density at radius 1 is 1.60 bits per heavy atom. The van der Waals surface area contributed by atoms with Crippen molar-refractivity contribution in [3.63, 3.8) is 0 Å². The molecule has 4 N–H and O–H groups in total. The fraction of sp³-hybridized carbons (Fsp3) is 0.455. The zero-order valence-corrected chi connectivity index (χ0v) is 8.38. The van der Waals surface area contributed by atoms with Gasteiger partial charge in [0.15, 0.2) is 0 Å². The Labute approximate surface area is 88.4 Å². The lowest BCUT2D eigenvalue weighted by Crippen LogP contribution is -2.27. The fourth-order valence-corrected chi connectivity index (χ4v) is 1.35. The zero-order chi connectivity index (χ0) is 11.3. The number of rotatable bonds is 4. The van der Waals surface area contributed by atoms with E-state index in [0.29, 0.717) is 0 Å². The molecule has 1 rings (SSSR count). The Hall–Kier alpha value is -0.970. The first-order valence-corrected chi connectivity index (χ1v) is 4.92. The van der Waals surface area contributed by atoms with Gasteiger partial charge in [0.1, 0.15) is 5.83 Å². The first-order chi connectivity index (χ1) is 7.13. The van der Waals surface area contributed by atoms with Crippen LogP contribution in [0, 0.1) is 5.92 Å². The summed E-state index contributed by atoms with van der Waals surface area (Å²) in [6.45, 7) is -0.0771. The molecule has 3 unspecified atom stereocenters. The second-order valence-corrected chi connectivity index (χ2v) is 3.53. The van der Waals surface area contributed by atoms with Crippen LogP contribution >= 0.6 is 0 Å². The molecule has 1 aliphatic carbocycles. The van der Waals surface area contributed by atoms with Crippen LogP contribution in [-0.2, 0) is 0 Å². The number of nitrogens with two attached hydrogens (primary N) is 1. The molecule has 0 aliphatic heterocycles. The molecule has 1 aliphatic rings. The van der Waals surface area contributed by atoms with Crippen molar-refractivity contribution in [1.82, 2.24) is 0 Å². The Bertz CT molecular complexity index is 286. The summed E-state index contributed by atoms with van der Waals surface area (Å²) in [6.07, 6.45) is 7.09. The summed E-state index contributed by atoms with van der Waals surface area (Å²) in [4.78, 5) is 0. The van der Waals surface area contributed by atoms with Crippen molar-refractivity contribution in [1.29, 1.82) is 0 Å². The Morgan fingerprint density at radius 2 is 2.33 bits per heavy atom. The Balaban J connectivity index is 2.54. The lowest BCUT2D eigenvalue weighted by Gasteiger charge is -2.17. The standard InChI is InChI=1S/C11H16FNO2/c12-9-2-4-11(13)8(7-9)1-3-10(15)5-6-14/h1-4,7-8,10-11,14-15H,5-6,13H2. The largest absolute Gasteiger partial charge is 0.396 e. The molecule has 0 saturated heterocycles. The second kappa shape index (κ2) is 5.80. The van der Waals surface area contributed by atoms with Gasteiger partial charge in [0.2, 0.25) is 0 Å². The van der Waals surface area contributed by atoms with Crippen molar-refractivity contribution < 1.29 is 14.6 Å². The van der Waals surface area contributed by atoms with Gasteiger partial charge in [-0.3, -0.25) is 0 Å². The first kappa shape index (κ1) is 12.1. The summed E-state index contributed by atoms with van der Waals surface area (Å²) in [5.74, 6) is -0.550. The lowest BCUT2D eigenvalue weighted by atomic mass is 9.94. The minimum absolute atomic E-state index is 0.0771. The quantitative estimate of drug-likeness (QED) is 0.601. The van der Waals surface area contributed by atoms with E-state index in [-0.39, 0.29) is 30.8 Å².